The molecule has 0 fully saturated rings. The van der Waals surface area contributed by atoms with Gasteiger partial charge in [-0.2, -0.15) is 0 Å². The number of amides is 5. The van der Waals surface area contributed by atoms with Crippen molar-refractivity contribution >= 4 is 41.3 Å². The van der Waals surface area contributed by atoms with Gasteiger partial charge in [0, 0.05) is 79.9 Å². The molecule has 2 heterocycles. The van der Waals surface area contributed by atoms with Crippen LogP contribution < -0.4 is 16.4 Å². The number of aliphatic hydroxyl groups excluding tert-OH is 1. The molecule has 5 amide bonds. The summed E-state index contributed by atoms with van der Waals surface area (Å²) in [6.45, 7) is 7.77. The molecule has 3 aromatic rings. The van der Waals surface area contributed by atoms with Crippen LogP contribution in [0.4, 0.5) is 8.78 Å². The van der Waals surface area contributed by atoms with E-state index in [4.69, 9.17) is 15.2 Å². The number of aromatic nitrogens is 1. The van der Waals surface area contributed by atoms with E-state index in [1.807, 2.05) is 55.7 Å². The molecule has 0 spiro atoms. The Labute approximate surface area is 365 Å². The van der Waals surface area contributed by atoms with E-state index in [0.29, 0.717) is 37.3 Å². The van der Waals surface area contributed by atoms with Crippen LogP contribution >= 0.6 is 11.8 Å². The number of ether oxygens (including phenoxy) is 2. The van der Waals surface area contributed by atoms with Crippen LogP contribution in [-0.2, 0) is 40.0 Å². The lowest BCUT2D eigenvalue weighted by Crippen LogP contribution is -2.46. The highest BCUT2D eigenvalue weighted by atomic mass is 32.2. The van der Waals surface area contributed by atoms with Crippen LogP contribution in [0.1, 0.15) is 57.3 Å². The lowest BCUT2D eigenvalue weighted by atomic mass is 9.83. The van der Waals surface area contributed by atoms with Crippen molar-refractivity contribution in [2.45, 2.75) is 65.0 Å². The molecule has 6 N–H and O–H groups in total. The molecule has 2 atom stereocenters. The molecule has 18 heteroatoms. The fourth-order valence-corrected chi connectivity index (χ4v) is 7.78. The highest BCUT2D eigenvalue weighted by Gasteiger charge is 2.37. The highest BCUT2D eigenvalue weighted by Crippen LogP contribution is 2.41. The van der Waals surface area contributed by atoms with E-state index in [1.54, 1.807) is 17.2 Å². The molecule has 0 radical (unpaired) electrons. The summed E-state index contributed by atoms with van der Waals surface area (Å²) in [7, 11) is 0. The molecule has 0 unspecified atom stereocenters. The molecule has 0 bridgehead atoms. The van der Waals surface area contributed by atoms with E-state index < -0.39 is 53.1 Å². The summed E-state index contributed by atoms with van der Waals surface area (Å²) in [6.07, 6.45) is 2.56. The first-order chi connectivity index (χ1) is 29.6. The number of hydrogen-bond acceptors (Lipinski definition) is 11. The Hall–Kier alpha value is -4.98. The average Bonchev–Trinajstić information content (AvgIpc) is 3.78. The summed E-state index contributed by atoms with van der Waals surface area (Å²) in [4.78, 5) is 64.7. The minimum Gasteiger partial charge on any atom is -0.379 e. The van der Waals surface area contributed by atoms with Gasteiger partial charge in [-0.15, -0.1) is 11.8 Å². The zero-order chi connectivity index (χ0) is 45.2. The molecule has 0 saturated carbocycles. The molecule has 2 aromatic carbocycles. The molecule has 0 saturated heterocycles. The Bertz CT molecular complexity index is 1970. The van der Waals surface area contributed by atoms with Crippen LogP contribution in [-0.4, -0.2) is 131 Å². The summed E-state index contributed by atoms with van der Waals surface area (Å²) >= 11 is 1.13. The van der Waals surface area contributed by atoms with Crippen molar-refractivity contribution in [2.75, 3.05) is 64.1 Å². The normalized spacial score (nSPS) is 13.8. The minimum absolute atomic E-state index is 0.00435. The van der Waals surface area contributed by atoms with Gasteiger partial charge < -0.3 is 45.5 Å². The zero-order valence-electron chi connectivity index (χ0n) is 35.4. The number of rotatable bonds is 26. The largest absolute Gasteiger partial charge is 0.379 e. The topological polar surface area (TPSA) is 206 Å². The Kier molecular flexibility index (Phi) is 19.7. The van der Waals surface area contributed by atoms with Crippen LogP contribution in [0.5, 0.6) is 0 Å². The maximum atomic E-state index is 15.1. The summed E-state index contributed by atoms with van der Waals surface area (Å²) in [5.74, 6) is -3.20. The van der Waals surface area contributed by atoms with Crippen LogP contribution in [0.3, 0.4) is 0 Å². The third kappa shape index (κ3) is 15.4. The van der Waals surface area contributed by atoms with Crippen molar-refractivity contribution in [3.63, 3.8) is 0 Å². The van der Waals surface area contributed by atoms with E-state index in [-0.39, 0.29) is 81.2 Å². The first-order valence-electron chi connectivity index (χ1n) is 20.5. The molecule has 1 aromatic heterocycles. The summed E-state index contributed by atoms with van der Waals surface area (Å²) in [6, 6.07) is 13.1. The predicted molar refractivity (Wildman–Crippen MR) is 230 cm³/mol. The van der Waals surface area contributed by atoms with Gasteiger partial charge in [-0.05, 0) is 48.2 Å². The van der Waals surface area contributed by atoms with Crippen LogP contribution in [0.2, 0.25) is 0 Å². The number of halogens is 2. The summed E-state index contributed by atoms with van der Waals surface area (Å²) in [5, 5.41) is 25.4. The third-order valence-electron chi connectivity index (χ3n) is 9.81. The smallest absolute Gasteiger partial charge is 0.253 e. The Morgan fingerprint density at radius 2 is 1.61 bits per heavy atom. The van der Waals surface area contributed by atoms with E-state index in [0.717, 1.165) is 52.6 Å². The number of benzene rings is 2. The van der Waals surface area contributed by atoms with Gasteiger partial charge in [-0.1, -0.05) is 51.1 Å². The van der Waals surface area contributed by atoms with Crippen molar-refractivity contribution in [1.82, 2.24) is 25.0 Å². The molecular formula is C44H58F2N6O9S. The molecule has 15 nitrogen and oxygen atoms in total. The molecule has 62 heavy (non-hydrogen) atoms. The second kappa shape index (κ2) is 24.6. The van der Waals surface area contributed by atoms with Gasteiger partial charge in [0.15, 0.2) is 6.29 Å². The number of nitrogens with two attached hydrogens (primary N) is 1. The highest BCUT2D eigenvalue weighted by molar-refractivity contribution is 8.00. The maximum Gasteiger partial charge on any atom is 0.253 e. The van der Waals surface area contributed by atoms with Gasteiger partial charge in [-0.25, -0.2) is 8.78 Å². The minimum atomic E-state index is -1.91. The van der Waals surface area contributed by atoms with Gasteiger partial charge in [0.2, 0.25) is 17.7 Å². The maximum absolute atomic E-state index is 15.1. The van der Waals surface area contributed by atoms with Crippen LogP contribution in [0, 0.1) is 17.0 Å². The fourth-order valence-electron chi connectivity index (χ4n) is 6.81. The van der Waals surface area contributed by atoms with Crippen LogP contribution in [0.25, 0.3) is 11.1 Å². The lowest BCUT2D eigenvalue weighted by molar-refractivity contribution is -0.137. The Morgan fingerprint density at radius 3 is 2.27 bits per heavy atom. The van der Waals surface area contributed by atoms with Gasteiger partial charge in [0.05, 0.1) is 44.3 Å². The lowest BCUT2D eigenvalue weighted by Gasteiger charge is -2.41. The number of carbonyl (C=O) groups is 5. The monoisotopic (exact) mass is 884 g/mol. The quantitative estimate of drug-likeness (QED) is 0.0450. The predicted octanol–water partition coefficient (Wildman–Crippen LogP) is 3.13. The van der Waals surface area contributed by atoms with E-state index in [1.165, 1.54) is 0 Å². The third-order valence-corrected chi connectivity index (χ3v) is 10.9. The summed E-state index contributed by atoms with van der Waals surface area (Å²) in [5.41, 5.74) is 7.62. The molecular weight excluding hydrogens is 827 g/mol. The second-order valence-corrected chi connectivity index (χ2v) is 16.8. The molecule has 338 valence electrons. The van der Waals surface area contributed by atoms with Crippen molar-refractivity contribution in [1.29, 1.82) is 0 Å². The average molecular weight is 885 g/mol. The van der Waals surface area contributed by atoms with Crippen molar-refractivity contribution in [3.8, 4) is 11.1 Å². The number of hydrogen-bond donors (Lipinski definition) is 5. The van der Waals surface area contributed by atoms with Crippen molar-refractivity contribution in [3.05, 3.63) is 95.8 Å². The van der Waals surface area contributed by atoms with E-state index in [2.05, 4.69) is 10.6 Å². The standard InChI is InChI=1S/C44H58F2N6O9S/c1-44(2,3)42(36-24-31(33-25-32(45)10-11-34(33)46)27-50(36)26-30-8-5-4-6-9-30)52(18-7-16-47)41(57)29-62-28-35(43(58)59)49-38(54)15-20-60-22-23-61-21-17-48-37(53)14-19-51-39(55)12-13-40(51)56/h4-6,8-13,24-25,27,35,42-43,58-59H,7,14-23,26,28-29,47H2,1-3H3,(H,48,53)(H,49,54)/t35-,42-/m0/s1. The second-order valence-electron chi connectivity index (χ2n) is 15.7. The Morgan fingerprint density at radius 1 is 0.919 bits per heavy atom. The number of imide groups is 1. The summed E-state index contributed by atoms with van der Waals surface area (Å²) < 4.78 is 42.3. The van der Waals surface area contributed by atoms with Crippen molar-refractivity contribution in [2.24, 2.45) is 11.1 Å². The first kappa shape index (κ1) is 49.7. The zero-order valence-corrected chi connectivity index (χ0v) is 36.2. The van der Waals surface area contributed by atoms with E-state index in [9.17, 15) is 38.6 Å². The Balaban J connectivity index is 1.29. The molecule has 0 aliphatic carbocycles. The number of aliphatic hydroxyl groups is 2. The fraction of sp³-hybridized carbons (Fsp3) is 0.477. The molecule has 1 aliphatic rings. The first-order valence-corrected chi connectivity index (χ1v) is 21.6. The van der Waals surface area contributed by atoms with Gasteiger partial charge in [0.1, 0.15) is 11.6 Å². The number of nitrogens with one attached hydrogen (secondary N) is 2. The van der Waals surface area contributed by atoms with Crippen LogP contribution in [0.15, 0.2) is 72.9 Å². The van der Waals surface area contributed by atoms with Gasteiger partial charge >= 0.3 is 0 Å². The van der Waals surface area contributed by atoms with E-state index >= 15 is 4.39 Å². The number of carbonyl (C=O) groups excluding carboxylic acids is 5. The van der Waals surface area contributed by atoms with Gasteiger partial charge in [0.25, 0.3) is 11.8 Å². The van der Waals surface area contributed by atoms with Crippen molar-refractivity contribution < 1.29 is 52.4 Å². The SMILES string of the molecule is CC(C)(C)[C@H](c1cc(-c2cc(F)ccc2F)cn1Cc1ccccc1)N(CCCN)C(=O)CSC[C@H](NC(=O)CCOCCOCCNC(=O)CCN1C(=O)C=CC1=O)C(O)O. The van der Waals surface area contributed by atoms with Gasteiger partial charge in [-0.3, -0.25) is 28.9 Å². The molecule has 4 rings (SSSR count). The number of nitrogens with zero attached hydrogens (tertiary/aromatic N) is 3. The molecule has 1 aliphatic heterocycles. The number of thioether (sulfide) groups is 1.